The third-order valence-corrected chi connectivity index (χ3v) is 10.8. The molecule has 300 valence electrons. The zero-order chi connectivity index (χ0) is 41.2. The van der Waals surface area contributed by atoms with Crippen LogP contribution in [0, 0.1) is 0 Å². The molecular weight excluding hydrogens is 757 g/mol. The molecule has 6 aromatic rings. The van der Waals surface area contributed by atoms with Crippen LogP contribution < -0.4 is 15.5 Å². The van der Waals surface area contributed by atoms with E-state index in [-0.39, 0.29) is 12.0 Å². The average Bonchev–Trinajstić information content (AvgIpc) is 3.73. The zero-order valence-corrected chi connectivity index (χ0v) is 31.8. The molecule has 13 heteroatoms. The lowest BCUT2D eigenvalue weighted by Gasteiger charge is -2.31. The number of carbonyl (C=O) groups is 2. The molecule has 2 N–H and O–H groups in total. The Hall–Kier alpha value is -6.11. The molecule has 0 spiro atoms. The first-order valence-corrected chi connectivity index (χ1v) is 19.1. The van der Waals surface area contributed by atoms with Gasteiger partial charge >= 0.3 is 12.4 Å². The van der Waals surface area contributed by atoms with Gasteiger partial charge in [0.1, 0.15) is 17.5 Å². The summed E-state index contributed by atoms with van der Waals surface area (Å²) in [5, 5.41) is 5.19. The highest BCUT2D eigenvalue weighted by Crippen LogP contribution is 2.51. The quantitative estimate of drug-likeness (QED) is 0.0901. The van der Waals surface area contributed by atoms with Crippen LogP contribution in [0.3, 0.4) is 0 Å². The predicted molar refractivity (Wildman–Crippen MR) is 214 cm³/mol. The summed E-state index contributed by atoms with van der Waals surface area (Å²) >= 11 is 0. The van der Waals surface area contributed by atoms with Crippen LogP contribution in [-0.4, -0.2) is 47.2 Å². The molecule has 0 bridgehead atoms. The molecule has 58 heavy (non-hydrogen) atoms. The second-order valence-corrected chi connectivity index (χ2v) is 14.2. The number of imidazole rings is 1. The minimum Gasteiger partial charge on any atom is -0.346 e. The first-order chi connectivity index (χ1) is 27.8. The fourth-order valence-corrected chi connectivity index (χ4v) is 8.11. The molecule has 0 radical (unpaired) electrons. The standard InChI is InChI=1S/C45H41F6N5O2/c1-3-55(4-2)42-54-39-37(53-40(57)34-17-6-5-14-31(34)29-22-24-30(25-23-29)45(49,50)51)20-13-21-38(39)56(42)27-12-11-26-43(41(58)52-28-44(46,47)48)35-18-9-7-15-32(35)33-16-8-10-19-36(33)43/h5-10,13-25H,3-4,11-12,26-28H2,1-2H3,(H,52,58)(H,53,57). The Bertz CT molecular complexity index is 2410. The summed E-state index contributed by atoms with van der Waals surface area (Å²) in [6, 6.07) is 31.5. The van der Waals surface area contributed by atoms with Crippen molar-refractivity contribution in [3.63, 3.8) is 0 Å². The van der Waals surface area contributed by atoms with Gasteiger partial charge in [-0.15, -0.1) is 0 Å². The summed E-state index contributed by atoms with van der Waals surface area (Å²) < 4.78 is 82.0. The lowest BCUT2D eigenvalue weighted by atomic mass is 9.73. The Labute approximate surface area is 331 Å². The summed E-state index contributed by atoms with van der Waals surface area (Å²) in [5.41, 5.74) is 3.78. The molecule has 7 nitrogen and oxygen atoms in total. The molecular formula is C45H41F6N5O2. The Balaban J connectivity index is 1.17. The number of aromatic nitrogens is 2. The number of hydrogen-bond acceptors (Lipinski definition) is 4. The highest BCUT2D eigenvalue weighted by Gasteiger charge is 2.49. The lowest BCUT2D eigenvalue weighted by Crippen LogP contribution is -2.47. The second-order valence-electron chi connectivity index (χ2n) is 14.2. The van der Waals surface area contributed by atoms with Crippen LogP contribution in [0.5, 0.6) is 0 Å². The second kappa shape index (κ2) is 16.0. The van der Waals surface area contributed by atoms with E-state index in [2.05, 4.69) is 20.1 Å². The first-order valence-electron chi connectivity index (χ1n) is 19.1. The highest BCUT2D eigenvalue weighted by molar-refractivity contribution is 6.11. The number of alkyl halides is 6. The van der Waals surface area contributed by atoms with Crippen molar-refractivity contribution in [2.45, 2.75) is 57.4 Å². The van der Waals surface area contributed by atoms with E-state index in [1.54, 1.807) is 48.5 Å². The van der Waals surface area contributed by atoms with Crippen LogP contribution in [-0.2, 0) is 22.9 Å². The predicted octanol–water partition coefficient (Wildman–Crippen LogP) is 10.6. The number of unbranched alkanes of at least 4 members (excludes halogenated alkanes) is 1. The number of anilines is 2. The van der Waals surface area contributed by atoms with Gasteiger partial charge < -0.3 is 20.1 Å². The number of rotatable bonds is 13. The van der Waals surface area contributed by atoms with Crippen LogP contribution in [0.15, 0.2) is 115 Å². The molecule has 1 aliphatic rings. The maximum Gasteiger partial charge on any atom is 0.416 e. The molecule has 5 aromatic carbocycles. The van der Waals surface area contributed by atoms with Crippen LogP contribution in [0.2, 0.25) is 0 Å². The molecule has 0 atom stereocenters. The van der Waals surface area contributed by atoms with E-state index in [0.717, 1.165) is 28.8 Å². The van der Waals surface area contributed by atoms with Gasteiger partial charge in [0.05, 0.1) is 16.8 Å². The first kappa shape index (κ1) is 40.1. The van der Waals surface area contributed by atoms with Crippen molar-refractivity contribution in [2.24, 2.45) is 0 Å². The van der Waals surface area contributed by atoms with Crippen molar-refractivity contribution in [1.29, 1.82) is 0 Å². The van der Waals surface area contributed by atoms with Crippen molar-refractivity contribution in [3.05, 3.63) is 138 Å². The minimum atomic E-state index is -4.58. The van der Waals surface area contributed by atoms with E-state index in [0.29, 0.717) is 71.9 Å². The molecule has 0 unspecified atom stereocenters. The van der Waals surface area contributed by atoms with Gasteiger partial charge in [0.15, 0.2) is 0 Å². The smallest absolute Gasteiger partial charge is 0.346 e. The van der Waals surface area contributed by atoms with Gasteiger partial charge in [0.2, 0.25) is 11.9 Å². The van der Waals surface area contributed by atoms with E-state index in [1.807, 2.05) is 56.3 Å². The minimum absolute atomic E-state index is 0.262. The van der Waals surface area contributed by atoms with E-state index in [9.17, 15) is 35.9 Å². The molecule has 0 aliphatic heterocycles. The summed E-state index contributed by atoms with van der Waals surface area (Å²) in [6.07, 6.45) is -7.77. The summed E-state index contributed by atoms with van der Waals surface area (Å²) in [7, 11) is 0. The lowest BCUT2D eigenvalue weighted by molar-refractivity contribution is -0.141. The number of carbonyl (C=O) groups excluding carboxylic acids is 2. The number of nitrogens with zero attached hydrogens (tertiary/aromatic N) is 3. The number of aryl methyl sites for hydroxylation is 1. The maximum atomic E-state index is 14.0. The van der Waals surface area contributed by atoms with E-state index >= 15 is 0 Å². The van der Waals surface area contributed by atoms with Crippen molar-refractivity contribution >= 4 is 34.5 Å². The number of amides is 2. The molecule has 1 heterocycles. The van der Waals surface area contributed by atoms with Crippen LogP contribution >= 0.6 is 0 Å². The summed E-state index contributed by atoms with van der Waals surface area (Å²) in [6.45, 7) is 4.31. The molecule has 0 saturated heterocycles. The monoisotopic (exact) mass is 797 g/mol. The number of halogens is 6. The molecule has 1 aromatic heterocycles. The summed E-state index contributed by atoms with van der Waals surface area (Å²) in [5.74, 6) is -0.492. The van der Waals surface area contributed by atoms with Crippen LogP contribution in [0.4, 0.5) is 38.0 Å². The molecule has 0 saturated carbocycles. The van der Waals surface area contributed by atoms with Gasteiger partial charge in [-0.1, -0.05) is 84.9 Å². The fourth-order valence-electron chi connectivity index (χ4n) is 8.11. The Morgan fingerprint density at radius 1 is 0.724 bits per heavy atom. The Morgan fingerprint density at radius 3 is 1.93 bits per heavy atom. The largest absolute Gasteiger partial charge is 0.416 e. The van der Waals surface area contributed by atoms with Gasteiger partial charge in [-0.2, -0.15) is 26.3 Å². The summed E-state index contributed by atoms with van der Waals surface area (Å²) in [4.78, 5) is 35.0. The normalized spacial score (nSPS) is 13.2. The van der Waals surface area contributed by atoms with Crippen molar-refractivity contribution < 1.29 is 35.9 Å². The Kier molecular flexibility index (Phi) is 11.1. The van der Waals surface area contributed by atoms with E-state index in [1.165, 1.54) is 12.1 Å². The van der Waals surface area contributed by atoms with Crippen molar-refractivity contribution in [3.8, 4) is 22.3 Å². The molecule has 1 aliphatic carbocycles. The highest BCUT2D eigenvalue weighted by atomic mass is 19.4. The molecule has 7 rings (SSSR count). The fraction of sp³-hybridized carbons (Fsp3) is 0.267. The average molecular weight is 798 g/mol. The SMILES string of the molecule is CCN(CC)c1nc2c(NC(=O)c3ccccc3-c3ccc(C(F)(F)F)cc3)cccc2n1CCCCC1(C(=O)NCC(F)(F)F)c2ccccc2-c2ccccc21. The number of para-hydroxylation sites is 1. The van der Waals surface area contributed by atoms with Crippen LogP contribution in [0.25, 0.3) is 33.3 Å². The number of benzene rings is 5. The number of hydrogen-bond donors (Lipinski definition) is 2. The van der Waals surface area contributed by atoms with E-state index in [4.69, 9.17) is 4.98 Å². The van der Waals surface area contributed by atoms with Gasteiger partial charge in [-0.05, 0) is 96.8 Å². The maximum absolute atomic E-state index is 14.0. The third-order valence-electron chi connectivity index (χ3n) is 10.8. The number of fused-ring (bicyclic) bond motifs is 4. The zero-order valence-electron chi connectivity index (χ0n) is 31.8. The van der Waals surface area contributed by atoms with Crippen LogP contribution in [0.1, 0.15) is 60.2 Å². The third kappa shape index (κ3) is 7.65. The van der Waals surface area contributed by atoms with E-state index < -0.39 is 41.7 Å². The van der Waals surface area contributed by atoms with Gasteiger partial charge in [-0.3, -0.25) is 9.59 Å². The van der Waals surface area contributed by atoms with Gasteiger partial charge in [-0.25, -0.2) is 4.98 Å². The van der Waals surface area contributed by atoms with Gasteiger partial charge in [0.25, 0.3) is 5.91 Å². The molecule has 2 amide bonds. The van der Waals surface area contributed by atoms with Gasteiger partial charge in [0, 0.05) is 25.2 Å². The van der Waals surface area contributed by atoms with Crippen molar-refractivity contribution in [2.75, 3.05) is 29.9 Å². The van der Waals surface area contributed by atoms with Crippen molar-refractivity contribution in [1.82, 2.24) is 14.9 Å². The topological polar surface area (TPSA) is 79.3 Å². The molecule has 0 fully saturated rings. The Morgan fingerprint density at radius 2 is 1.33 bits per heavy atom. The number of nitrogens with one attached hydrogen (secondary N) is 2.